The molecule has 0 aliphatic heterocycles. The molecule has 2 heteroatoms. The third kappa shape index (κ3) is 3.58. The number of hydrogen-bond acceptors (Lipinski definition) is 2. The fourth-order valence-corrected chi connectivity index (χ4v) is 2.10. The number of hydrogen-bond donors (Lipinski definition) is 1. The summed E-state index contributed by atoms with van der Waals surface area (Å²) < 4.78 is 0. The van der Waals surface area contributed by atoms with E-state index in [0.29, 0.717) is 6.04 Å². The van der Waals surface area contributed by atoms with E-state index in [1.165, 1.54) is 12.8 Å². The molecule has 0 bridgehead atoms. The Balaban J connectivity index is 2.14. The molecule has 0 aromatic carbocycles. The molecule has 14 heavy (non-hydrogen) atoms. The summed E-state index contributed by atoms with van der Waals surface area (Å²) in [5, 5.41) is 3.65. The van der Waals surface area contributed by atoms with Gasteiger partial charge in [-0.1, -0.05) is 13.8 Å². The van der Waals surface area contributed by atoms with Crippen LogP contribution in [0.1, 0.15) is 40.5 Å². The van der Waals surface area contributed by atoms with E-state index in [4.69, 9.17) is 0 Å². The minimum Gasteiger partial charge on any atom is -0.312 e. The van der Waals surface area contributed by atoms with Crippen LogP contribution in [0.15, 0.2) is 0 Å². The summed E-state index contributed by atoms with van der Waals surface area (Å²) in [5.41, 5.74) is 0. The zero-order valence-electron chi connectivity index (χ0n) is 10.2. The lowest BCUT2D eigenvalue weighted by atomic mass is 10.2. The van der Waals surface area contributed by atoms with Gasteiger partial charge in [0.05, 0.1) is 0 Å². The lowest BCUT2D eigenvalue weighted by Crippen LogP contribution is -2.43. The fraction of sp³-hybridized carbons (Fsp3) is 1.00. The van der Waals surface area contributed by atoms with E-state index in [0.717, 1.165) is 31.6 Å². The minimum atomic E-state index is 0.672. The average molecular weight is 198 g/mol. The van der Waals surface area contributed by atoms with E-state index in [9.17, 15) is 0 Å². The molecule has 0 aromatic rings. The Bertz CT molecular complexity index is 150. The molecule has 1 fully saturated rings. The standard InChI is InChI=1S/C12H26N2/c1-5-14(6-2)10(3)9-13-11(4)12-7-8-12/h10-13H,5-9H2,1-4H3. The fourth-order valence-electron chi connectivity index (χ4n) is 2.10. The van der Waals surface area contributed by atoms with Gasteiger partial charge < -0.3 is 5.32 Å². The van der Waals surface area contributed by atoms with Gasteiger partial charge in [-0.3, -0.25) is 4.90 Å². The highest BCUT2D eigenvalue weighted by molar-refractivity contribution is 4.84. The Morgan fingerprint density at radius 2 is 1.79 bits per heavy atom. The van der Waals surface area contributed by atoms with Crippen LogP contribution in [0.3, 0.4) is 0 Å². The Hall–Kier alpha value is -0.0800. The molecule has 2 unspecified atom stereocenters. The summed E-state index contributed by atoms with van der Waals surface area (Å²) in [6.45, 7) is 12.6. The molecular formula is C12H26N2. The van der Waals surface area contributed by atoms with E-state index in [2.05, 4.69) is 37.9 Å². The molecule has 0 aromatic heterocycles. The molecule has 1 N–H and O–H groups in total. The topological polar surface area (TPSA) is 15.3 Å². The van der Waals surface area contributed by atoms with E-state index in [1.54, 1.807) is 0 Å². The lowest BCUT2D eigenvalue weighted by Gasteiger charge is -2.27. The molecule has 1 saturated carbocycles. The Labute approximate surface area is 89.1 Å². The summed E-state index contributed by atoms with van der Waals surface area (Å²) >= 11 is 0. The second-order valence-electron chi connectivity index (χ2n) is 4.60. The van der Waals surface area contributed by atoms with Crippen LogP contribution in [0.5, 0.6) is 0 Å². The summed E-state index contributed by atoms with van der Waals surface area (Å²) in [6.07, 6.45) is 2.88. The zero-order chi connectivity index (χ0) is 10.6. The molecule has 1 aliphatic rings. The van der Waals surface area contributed by atoms with E-state index in [1.807, 2.05) is 0 Å². The molecule has 1 rings (SSSR count). The van der Waals surface area contributed by atoms with Crippen molar-refractivity contribution in [1.82, 2.24) is 10.2 Å². The Morgan fingerprint density at radius 1 is 1.21 bits per heavy atom. The highest BCUT2D eigenvalue weighted by atomic mass is 15.2. The van der Waals surface area contributed by atoms with Crippen molar-refractivity contribution in [2.24, 2.45) is 5.92 Å². The number of nitrogens with zero attached hydrogens (tertiary/aromatic N) is 1. The van der Waals surface area contributed by atoms with Crippen LogP contribution in [0, 0.1) is 5.92 Å². The third-order valence-corrected chi connectivity index (χ3v) is 3.50. The first-order valence-electron chi connectivity index (χ1n) is 6.16. The number of nitrogens with one attached hydrogen (secondary N) is 1. The van der Waals surface area contributed by atoms with Crippen molar-refractivity contribution in [1.29, 1.82) is 0 Å². The maximum atomic E-state index is 3.65. The van der Waals surface area contributed by atoms with Crippen molar-refractivity contribution in [3.8, 4) is 0 Å². The van der Waals surface area contributed by atoms with Crippen LogP contribution >= 0.6 is 0 Å². The molecule has 2 nitrogen and oxygen atoms in total. The van der Waals surface area contributed by atoms with E-state index < -0.39 is 0 Å². The zero-order valence-corrected chi connectivity index (χ0v) is 10.2. The molecule has 0 radical (unpaired) electrons. The molecular weight excluding hydrogens is 172 g/mol. The van der Waals surface area contributed by atoms with Gasteiger partial charge in [-0.2, -0.15) is 0 Å². The van der Waals surface area contributed by atoms with E-state index in [-0.39, 0.29) is 0 Å². The molecule has 0 saturated heterocycles. The van der Waals surface area contributed by atoms with Crippen molar-refractivity contribution >= 4 is 0 Å². The monoisotopic (exact) mass is 198 g/mol. The van der Waals surface area contributed by atoms with Crippen molar-refractivity contribution in [3.63, 3.8) is 0 Å². The summed E-state index contributed by atoms with van der Waals surface area (Å²) in [5.74, 6) is 0.971. The van der Waals surface area contributed by atoms with Crippen LogP contribution in [-0.2, 0) is 0 Å². The maximum absolute atomic E-state index is 3.65. The first-order chi connectivity index (χ1) is 6.69. The minimum absolute atomic E-state index is 0.672. The second-order valence-corrected chi connectivity index (χ2v) is 4.60. The molecule has 1 aliphatic carbocycles. The van der Waals surface area contributed by atoms with Gasteiger partial charge in [-0.15, -0.1) is 0 Å². The average Bonchev–Trinajstić information content (AvgIpc) is 2.99. The summed E-state index contributed by atoms with van der Waals surface area (Å²) in [4.78, 5) is 2.51. The van der Waals surface area contributed by atoms with Crippen LogP contribution in [0.4, 0.5) is 0 Å². The van der Waals surface area contributed by atoms with Crippen LogP contribution in [-0.4, -0.2) is 36.6 Å². The Morgan fingerprint density at radius 3 is 2.21 bits per heavy atom. The number of likely N-dealkylation sites (N-methyl/N-ethyl adjacent to an activating group) is 1. The van der Waals surface area contributed by atoms with Crippen LogP contribution < -0.4 is 5.32 Å². The van der Waals surface area contributed by atoms with Gasteiger partial charge in [0, 0.05) is 18.6 Å². The van der Waals surface area contributed by atoms with Gasteiger partial charge in [0.25, 0.3) is 0 Å². The normalized spacial score (nSPS) is 21.2. The van der Waals surface area contributed by atoms with Gasteiger partial charge in [0.1, 0.15) is 0 Å². The van der Waals surface area contributed by atoms with Crippen molar-refractivity contribution in [2.75, 3.05) is 19.6 Å². The SMILES string of the molecule is CCN(CC)C(C)CNC(C)C1CC1. The van der Waals surface area contributed by atoms with Gasteiger partial charge in [0.15, 0.2) is 0 Å². The van der Waals surface area contributed by atoms with Gasteiger partial charge in [0.2, 0.25) is 0 Å². The smallest absolute Gasteiger partial charge is 0.0192 e. The molecule has 0 spiro atoms. The van der Waals surface area contributed by atoms with Crippen LogP contribution in [0.2, 0.25) is 0 Å². The molecule has 0 amide bonds. The van der Waals surface area contributed by atoms with Gasteiger partial charge in [-0.25, -0.2) is 0 Å². The second kappa shape index (κ2) is 5.72. The van der Waals surface area contributed by atoms with Crippen molar-refractivity contribution in [2.45, 2.75) is 52.6 Å². The largest absolute Gasteiger partial charge is 0.312 e. The van der Waals surface area contributed by atoms with Gasteiger partial charge in [-0.05, 0) is 45.7 Å². The lowest BCUT2D eigenvalue weighted by molar-refractivity contribution is 0.220. The summed E-state index contributed by atoms with van der Waals surface area (Å²) in [7, 11) is 0. The Kier molecular flexibility index (Phi) is 4.90. The number of rotatable bonds is 7. The predicted molar refractivity (Wildman–Crippen MR) is 62.6 cm³/mol. The predicted octanol–water partition coefficient (Wildman–Crippen LogP) is 2.10. The third-order valence-electron chi connectivity index (χ3n) is 3.50. The molecule has 84 valence electrons. The van der Waals surface area contributed by atoms with Crippen molar-refractivity contribution in [3.05, 3.63) is 0 Å². The highest BCUT2D eigenvalue weighted by Gasteiger charge is 2.27. The first kappa shape index (κ1) is 12.0. The van der Waals surface area contributed by atoms with E-state index >= 15 is 0 Å². The maximum Gasteiger partial charge on any atom is 0.0192 e. The van der Waals surface area contributed by atoms with Crippen molar-refractivity contribution < 1.29 is 0 Å². The quantitative estimate of drug-likeness (QED) is 0.674. The first-order valence-corrected chi connectivity index (χ1v) is 6.16. The molecule has 2 atom stereocenters. The molecule has 0 heterocycles. The van der Waals surface area contributed by atoms with Gasteiger partial charge >= 0.3 is 0 Å². The summed E-state index contributed by atoms with van der Waals surface area (Å²) in [6, 6.07) is 1.40. The van der Waals surface area contributed by atoms with Crippen LogP contribution in [0.25, 0.3) is 0 Å². The highest BCUT2D eigenvalue weighted by Crippen LogP contribution is 2.32.